The van der Waals surface area contributed by atoms with Crippen molar-refractivity contribution in [1.29, 1.82) is 0 Å². The van der Waals surface area contributed by atoms with Crippen molar-refractivity contribution < 1.29 is 8.42 Å². The van der Waals surface area contributed by atoms with E-state index in [0.717, 1.165) is 18.7 Å². The molecule has 1 aromatic rings. The fourth-order valence-corrected chi connectivity index (χ4v) is 3.31. The molecule has 21 heavy (non-hydrogen) atoms. The quantitative estimate of drug-likeness (QED) is 0.759. The Morgan fingerprint density at radius 1 is 1.33 bits per heavy atom. The van der Waals surface area contributed by atoms with Gasteiger partial charge in [-0.1, -0.05) is 27.7 Å². The normalized spacial score (nSPS) is 14.4. The van der Waals surface area contributed by atoms with Crippen molar-refractivity contribution in [2.45, 2.75) is 58.5 Å². The molecule has 0 aromatic carbocycles. The predicted octanol–water partition coefficient (Wildman–Crippen LogP) is 2.24. The standard InChI is InChI=1S/C15H29N3O2S/c1-7-8-16-10-13-9-14(11-18(13)6)21(19,20)17-12(2)15(3,4)5/h9,11-12,16-17H,7-8,10H2,1-6H3. The third-order valence-corrected chi connectivity index (χ3v) is 5.26. The first kappa shape index (κ1) is 18.2. The molecule has 0 aliphatic heterocycles. The monoisotopic (exact) mass is 315 g/mol. The Balaban J connectivity index is 2.87. The van der Waals surface area contributed by atoms with E-state index in [2.05, 4.69) is 17.0 Å². The van der Waals surface area contributed by atoms with Crippen LogP contribution in [-0.2, 0) is 23.6 Å². The number of nitrogens with zero attached hydrogens (tertiary/aromatic N) is 1. The third kappa shape index (κ3) is 5.13. The molecule has 1 rings (SSSR count). The van der Waals surface area contributed by atoms with Gasteiger partial charge in [-0.25, -0.2) is 13.1 Å². The van der Waals surface area contributed by atoms with Crippen LogP contribution in [0.2, 0.25) is 0 Å². The number of rotatable bonds is 7. The molecule has 5 nitrogen and oxygen atoms in total. The van der Waals surface area contributed by atoms with Gasteiger partial charge in [0.25, 0.3) is 0 Å². The third-order valence-electron chi connectivity index (χ3n) is 3.76. The molecule has 0 fully saturated rings. The summed E-state index contributed by atoms with van der Waals surface area (Å²) in [6.07, 6.45) is 2.72. The van der Waals surface area contributed by atoms with Crippen LogP contribution in [0, 0.1) is 5.41 Å². The van der Waals surface area contributed by atoms with E-state index in [9.17, 15) is 8.42 Å². The second kappa shape index (κ2) is 6.94. The molecular weight excluding hydrogens is 286 g/mol. The minimum Gasteiger partial charge on any atom is -0.352 e. The lowest BCUT2D eigenvalue weighted by molar-refractivity contribution is 0.317. The van der Waals surface area contributed by atoms with Gasteiger partial charge in [-0.05, 0) is 31.4 Å². The van der Waals surface area contributed by atoms with Gasteiger partial charge in [0.05, 0.1) is 4.90 Å². The Morgan fingerprint density at radius 2 is 1.95 bits per heavy atom. The van der Waals surface area contributed by atoms with Crippen LogP contribution in [0.5, 0.6) is 0 Å². The zero-order chi connectivity index (χ0) is 16.3. The summed E-state index contributed by atoms with van der Waals surface area (Å²) in [7, 11) is -1.60. The number of nitrogens with one attached hydrogen (secondary N) is 2. The summed E-state index contributed by atoms with van der Waals surface area (Å²) in [4.78, 5) is 0.328. The van der Waals surface area contributed by atoms with Crippen LogP contribution in [-0.4, -0.2) is 25.6 Å². The Labute approximate surface area is 129 Å². The molecule has 0 radical (unpaired) electrons. The summed E-state index contributed by atoms with van der Waals surface area (Å²) in [6, 6.07) is 1.60. The Kier molecular flexibility index (Phi) is 6.01. The van der Waals surface area contributed by atoms with Crippen molar-refractivity contribution in [2.24, 2.45) is 12.5 Å². The Bertz CT molecular complexity index is 556. The molecule has 6 heteroatoms. The second-order valence-electron chi connectivity index (χ2n) is 6.66. The summed E-state index contributed by atoms with van der Waals surface area (Å²) in [6.45, 7) is 11.7. The first-order valence-electron chi connectivity index (χ1n) is 7.46. The molecule has 0 aliphatic carbocycles. The summed E-state index contributed by atoms with van der Waals surface area (Å²) in [5.74, 6) is 0. The van der Waals surface area contributed by atoms with Crippen LogP contribution in [0.1, 0.15) is 46.7 Å². The van der Waals surface area contributed by atoms with E-state index >= 15 is 0 Å². The maximum absolute atomic E-state index is 12.4. The van der Waals surface area contributed by atoms with E-state index in [1.54, 1.807) is 12.3 Å². The molecular formula is C15H29N3O2S. The molecule has 1 aromatic heterocycles. The fraction of sp³-hybridized carbons (Fsp3) is 0.733. The van der Waals surface area contributed by atoms with Crippen molar-refractivity contribution in [2.75, 3.05) is 6.54 Å². The number of aryl methyl sites for hydroxylation is 1. The molecule has 1 heterocycles. The van der Waals surface area contributed by atoms with Gasteiger partial charge in [-0.3, -0.25) is 0 Å². The molecule has 122 valence electrons. The van der Waals surface area contributed by atoms with Crippen LogP contribution in [0.4, 0.5) is 0 Å². The number of hydrogen-bond donors (Lipinski definition) is 2. The first-order chi connectivity index (χ1) is 9.58. The van der Waals surface area contributed by atoms with Crippen LogP contribution in [0.25, 0.3) is 0 Å². The van der Waals surface area contributed by atoms with E-state index < -0.39 is 10.0 Å². The van der Waals surface area contributed by atoms with E-state index in [-0.39, 0.29) is 11.5 Å². The van der Waals surface area contributed by atoms with Gasteiger partial charge in [-0.2, -0.15) is 0 Å². The fourth-order valence-electron chi connectivity index (χ4n) is 1.77. The molecule has 0 aliphatic rings. The second-order valence-corrected chi connectivity index (χ2v) is 8.38. The molecule has 0 spiro atoms. The summed E-state index contributed by atoms with van der Waals surface area (Å²) >= 11 is 0. The maximum Gasteiger partial charge on any atom is 0.242 e. The summed E-state index contributed by atoms with van der Waals surface area (Å²) in [5.41, 5.74) is 0.847. The van der Waals surface area contributed by atoms with Crippen molar-refractivity contribution in [3.8, 4) is 0 Å². The average Bonchev–Trinajstić information content (AvgIpc) is 2.70. The molecule has 0 bridgehead atoms. The number of hydrogen-bond acceptors (Lipinski definition) is 3. The number of sulfonamides is 1. The van der Waals surface area contributed by atoms with Crippen molar-refractivity contribution in [1.82, 2.24) is 14.6 Å². The Morgan fingerprint density at radius 3 is 2.48 bits per heavy atom. The van der Waals surface area contributed by atoms with Crippen LogP contribution < -0.4 is 10.0 Å². The van der Waals surface area contributed by atoms with Crippen molar-refractivity contribution in [3.63, 3.8) is 0 Å². The van der Waals surface area contributed by atoms with Crippen LogP contribution >= 0.6 is 0 Å². The molecule has 1 unspecified atom stereocenters. The predicted molar refractivity (Wildman–Crippen MR) is 86.6 cm³/mol. The highest BCUT2D eigenvalue weighted by atomic mass is 32.2. The molecule has 0 amide bonds. The lowest BCUT2D eigenvalue weighted by atomic mass is 9.89. The highest BCUT2D eigenvalue weighted by Gasteiger charge is 2.26. The van der Waals surface area contributed by atoms with E-state index in [0.29, 0.717) is 11.4 Å². The molecule has 0 saturated heterocycles. The van der Waals surface area contributed by atoms with Gasteiger partial charge < -0.3 is 9.88 Å². The Hall–Kier alpha value is -0.850. The zero-order valence-corrected chi connectivity index (χ0v) is 14.8. The van der Waals surface area contributed by atoms with Crippen LogP contribution in [0.3, 0.4) is 0 Å². The van der Waals surface area contributed by atoms with Gasteiger partial charge in [0, 0.05) is 31.5 Å². The summed E-state index contributed by atoms with van der Waals surface area (Å²) < 4.78 is 29.5. The van der Waals surface area contributed by atoms with E-state index in [4.69, 9.17) is 0 Å². The minimum absolute atomic E-state index is 0.118. The SMILES string of the molecule is CCCNCc1cc(S(=O)(=O)NC(C)C(C)(C)C)cn1C. The molecule has 0 saturated carbocycles. The maximum atomic E-state index is 12.4. The highest BCUT2D eigenvalue weighted by Crippen LogP contribution is 2.21. The van der Waals surface area contributed by atoms with Crippen LogP contribution in [0.15, 0.2) is 17.2 Å². The lowest BCUT2D eigenvalue weighted by Gasteiger charge is -2.27. The smallest absolute Gasteiger partial charge is 0.242 e. The zero-order valence-electron chi connectivity index (χ0n) is 14.0. The number of aromatic nitrogens is 1. The molecule has 1 atom stereocenters. The van der Waals surface area contributed by atoms with Crippen molar-refractivity contribution in [3.05, 3.63) is 18.0 Å². The van der Waals surface area contributed by atoms with Gasteiger partial charge in [0.15, 0.2) is 0 Å². The van der Waals surface area contributed by atoms with Gasteiger partial charge in [0.1, 0.15) is 0 Å². The minimum atomic E-state index is -3.47. The average molecular weight is 315 g/mol. The van der Waals surface area contributed by atoms with Gasteiger partial charge in [-0.15, -0.1) is 0 Å². The summed E-state index contributed by atoms with van der Waals surface area (Å²) in [5, 5.41) is 3.29. The van der Waals surface area contributed by atoms with Crippen molar-refractivity contribution >= 4 is 10.0 Å². The van der Waals surface area contributed by atoms with Gasteiger partial charge in [0.2, 0.25) is 10.0 Å². The molecule has 2 N–H and O–H groups in total. The highest BCUT2D eigenvalue weighted by molar-refractivity contribution is 7.89. The van der Waals surface area contributed by atoms with E-state index in [1.165, 1.54) is 0 Å². The largest absolute Gasteiger partial charge is 0.352 e. The van der Waals surface area contributed by atoms with E-state index in [1.807, 2.05) is 39.3 Å². The topological polar surface area (TPSA) is 63.1 Å². The first-order valence-corrected chi connectivity index (χ1v) is 8.94. The lowest BCUT2D eigenvalue weighted by Crippen LogP contribution is -2.41. The van der Waals surface area contributed by atoms with Gasteiger partial charge >= 0.3 is 0 Å².